The van der Waals surface area contributed by atoms with Gasteiger partial charge in [0.15, 0.2) is 7.15 Å². The number of hydrogen-bond acceptors (Lipinski definition) is 1. The van der Waals surface area contributed by atoms with E-state index in [4.69, 9.17) is 11.2 Å². The second-order valence-electron chi connectivity index (χ2n) is 2.80. The molecule has 66 valence electrons. The first-order valence-electron chi connectivity index (χ1n) is 3.96. The van der Waals surface area contributed by atoms with E-state index in [1.807, 2.05) is 42.5 Å². The zero-order valence-corrected chi connectivity index (χ0v) is 8.58. The summed E-state index contributed by atoms with van der Waals surface area (Å²) in [5.74, 6) is 0. The predicted octanol–water partition coefficient (Wildman–Crippen LogP) is 3.18. The Bertz CT molecular complexity index is 462. The van der Waals surface area contributed by atoms with Gasteiger partial charge in [-0.1, -0.05) is 47.6 Å². The van der Waals surface area contributed by atoms with Crippen LogP contribution in [0.4, 0.5) is 0 Å². The van der Waals surface area contributed by atoms with Gasteiger partial charge in [0.1, 0.15) is 0 Å². The van der Waals surface area contributed by atoms with Crippen LogP contribution in [0.15, 0.2) is 42.5 Å². The van der Waals surface area contributed by atoms with E-state index in [-0.39, 0.29) is 0 Å². The molecule has 3 heteroatoms. The maximum Gasteiger partial charge on any atom is 0.186 e. The first-order chi connectivity index (χ1) is 6.29. The number of fused-ring (bicyclic) bond motifs is 1. The number of rotatable bonds is 1. The lowest BCUT2D eigenvalue weighted by Gasteiger charge is -2.01. The van der Waals surface area contributed by atoms with Gasteiger partial charge in [-0.05, 0) is 16.8 Å². The largest absolute Gasteiger partial charge is 0.305 e. The second-order valence-corrected chi connectivity index (χ2v) is 4.92. The Morgan fingerprint density at radius 3 is 2.46 bits per heavy atom. The molecule has 1 nitrogen and oxygen atoms in total. The lowest BCUT2D eigenvalue weighted by molar-refractivity contribution is 0.600. The molecule has 0 aliphatic carbocycles. The van der Waals surface area contributed by atoms with Gasteiger partial charge in [0, 0.05) is 5.30 Å². The minimum absolute atomic E-state index is 0.754. The highest BCUT2D eigenvalue weighted by Gasteiger charge is 2.03. The van der Waals surface area contributed by atoms with Crippen molar-refractivity contribution in [2.45, 2.75) is 0 Å². The van der Waals surface area contributed by atoms with Gasteiger partial charge in [0.05, 0.1) is 0 Å². The monoisotopic (exact) mass is 210 g/mol. The molecule has 0 saturated heterocycles. The lowest BCUT2D eigenvalue weighted by Crippen LogP contribution is -1.94. The van der Waals surface area contributed by atoms with Gasteiger partial charge in [-0.25, -0.2) is 0 Å². The van der Waals surface area contributed by atoms with Crippen molar-refractivity contribution in [3.8, 4) is 0 Å². The Morgan fingerprint density at radius 2 is 1.69 bits per heavy atom. The van der Waals surface area contributed by atoms with E-state index in [0.717, 1.165) is 16.1 Å². The molecule has 1 atom stereocenters. The molecule has 0 radical (unpaired) electrons. The molecule has 13 heavy (non-hydrogen) atoms. The molecule has 2 aromatic rings. The Kier molecular flexibility index (Phi) is 2.39. The molecular formula is C10H8ClOP. The Hall–Kier alpha value is -0.780. The number of benzene rings is 2. The zero-order chi connectivity index (χ0) is 9.26. The molecule has 0 N–H and O–H groups in total. The van der Waals surface area contributed by atoms with Crippen LogP contribution in [0.1, 0.15) is 0 Å². The van der Waals surface area contributed by atoms with Crippen molar-refractivity contribution >= 4 is 34.5 Å². The topological polar surface area (TPSA) is 17.1 Å². The highest BCUT2D eigenvalue weighted by molar-refractivity contribution is 7.80. The Morgan fingerprint density at radius 1 is 1.00 bits per heavy atom. The van der Waals surface area contributed by atoms with Crippen molar-refractivity contribution in [2.75, 3.05) is 0 Å². The van der Waals surface area contributed by atoms with E-state index in [9.17, 15) is 4.57 Å². The molecule has 0 aromatic heterocycles. The van der Waals surface area contributed by atoms with Gasteiger partial charge in [-0.3, -0.25) is 0 Å². The fourth-order valence-corrected chi connectivity index (χ4v) is 2.56. The highest BCUT2D eigenvalue weighted by Crippen LogP contribution is 2.29. The maximum atomic E-state index is 11.2. The fourth-order valence-electron chi connectivity index (χ4n) is 1.40. The standard InChI is InChI=1S/C10H8ClOP/c11-13(12)10-7-3-5-8-4-1-2-6-9(8)10/h1-7,13H. The summed E-state index contributed by atoms with van der Waals surface area (Å²) in [6.07, 6.45) is 0. The summed E-state index contributed by atoms with van der Waals surface area (Å²) in [5, 5.41) is 2.83. The molecule has 2 aromatic carbocycles. The van der Waals surface area contributed by atoms with Gasteiger partial charge in [-0.2, -0.15) is 0 Å². The molecule has 0 fully saturated rings. The van der Waals surface area contributed by atoms with Crippen LogP contribution in [-0.4, -0.2) is 0 Å². The van der Waals surface area contributed by atoms with Crippen molar-refractivity contribution < 1.29 is 4.57 Å². The third-order valence-corrected chi connectivity index (χ3v) is 3.47. The van der Waals surface area contributed by atoms with Crippen molar-refractivity contribution in [3.05, 3.63) is 42.5 Å². The third kappa shape index (κ3) is 1.63. The van der Waals surface area contributed by atoms with Gasteiger partial charge in [0.25, 0.3) is 0 Å². The average Bonchev–Trinajstić information content (AvgIpc) is 2.17. The summed E-state index contributed by atoms with van der Waals surface area (Å²) >= 11 is 5.63. The molecular weight excluding hydrogens is 203 g/mol. The summed E-state index contributed by atoms with van der Waals surface area (Å²) in [7, 11) is -2.11. The van der Waals surface area contributed by atoms with Crippen molar-refractivity contribution in [3.63, 3.8) is 0 Å². The molecule has 0 saturated carbocycles. The van der Waals surface area contributed by atoms with Crippen LogP contribution in [0.3, 0.4) is 0 Å². The quantitative estimate of drug-likeness (QED) is 0.661. The summed E-state index contributed by atoms with van der Waals surface area (Å²) in [6, 6.07) is 13.5. The maximum absolute atomic E-state index is 11.2. The van der Waals surface area contributed by atoms with E-state index >= 15 is 0 Å². The smallest absolute Gasteiger partial charge is 0.186 e. The Labute approximate surface area is 81.9 Å². The van der Waals surface area contributed by atoms with Crippen LogP contribution in [0.5, 0.6) is 0 Å². The van der Waals surface area contributed by atoms with Gasteiger partial charge >= 0.3 is 0 Å². The number of halogens is 1. The minimum atomic E-state index is -2.11. The van der Waals surface area contributed by atoms with Crippen molar-refractivity contribution in [1.82, 2.24) is 0 Å². The summed E-state index contributed by atoms with van der Waals surface area (Å²) in [5.41, 5.74) is 0. The van der Waals surface area contributed by atoms with E-state index in [1.165, 1.54) is 0 Å². The molecule has 1 unspecified atom stereocenters. The minimum Gasteiger partial charge on any atom is -0.305 e. The lowest BCUT2D eigenvalue weighted by atomic mass is 10.1. The SMILES string of the molecule is O=[PH](Cl)c1cccc2ccccc12. The number of hydrogen-bond donors (Lipinski definition) is 0. The van der Waals surface area contributed by atoms with Crippen LogP contribution in [-0.2, 0) is 4.57 Å². The first-order valence-corrected chi connectivity index (χ1v) is 6.38. The van der Waals surface area contributed by atoms with E-state index in [1.54, 1.807) is 0 Å². The molecule has 0 spiro atoms. The summed E-state index contributed by atoms with van der Waals surface area (Å²) < 4.78 is 11.2. The van der Waals surface area contributed by atoms with Crippen LogP contribution < -0.4 is 5.30 Å². The van der Waals surface area contributed by atoms with Crippen molar-refractivity contribution in [2.24, 2.45) is 0 Å². The van der Waals surface area contributed by atoms with Crippen molar-refractivity contribution in [1.29, 1.82) is 0 Å². The molecule has 0 aliphatic rings. The first kappa shape index (κ1) is 8.80. The second kappa shape index (κ2) is 3.53. The van der Waals surface area contributed by atoms with E-state index in [2.05, 4.69) is 0 Å². The molecule has 2 rings (SSSR count). The summed E-state index contributed by atoms with van der Waals surface area (Å²) in [4.78, 5) is 0. The molecule has 0 aliphatic heterocycles. The Balaban J connectivity index is 2.83. The molecule has 0 bridgehead atoms. The highest BCUT2D eigenvalue weighted by atomic mass is 35.7. The van der Waals surface area contributed by atoms with Crippen LogP contribution in [0.25, 0.3) is 10.8 Å². The molecule has 0 heterocycles. The van der Waals surface area contributed by atoms with E-state index < -0.39 is 7.15 Å². The normalized spacial score (nSPS) is 13.0. The van der Waals surface area contributed by atoms with Gasteiger partial charge in [-0.15, -0.1) is 0 Å². The van der Waals surface area contributed by atoms with Crippen LogP contribution in [0.2, 0.25) is 0 Å². The third-order valence-electron chi connectivity index (χ3n) is 2.00. The summed E-state index contributed by atoms with van der Waals surface area (Å²) in [6.45, 7) is 0. The van der Waals surface area contributed by atoms with Gasteiger partial charge in [0.2, 0.25) is 0 Å². The average molecular weight is 211 g/mol. The van der Waals surface area contributed by atoms with Crippen LogP contribution in [0, 0.1) is 0 Å². The van der Waals surface area contributed by atoms with E-state index in [0.29, 0.717) is 0 Å². The van der Waals surface area contributed by atoms with Gasteiger partial charge < -0.3 is 4.57 Å². The zero-order valence-electron chi connectivity index (χ0n) is 6.83. The van der Waals surface area contributed by atoms with Crippen LogP contribution >= 0.6 is 18.4 Å². The fraction of sp³-hybridized carbons (Fsp3) is 0. The molecule has 0 amide bonds. The predicted molar refractivity (Wildman–Crippen MR) is 58.4 cm³/mol.